The van der Waals surface area contributed by atoms with E-state index in [2.05, 4.69) is 33.9 Å². The van der Waals surface area contributed by atoms with Gasteiger partial charge in [-0.1, -0.05) is 35.9 Å². The fourth-order valence-electron chi connectivity index (χ4n) is 3.15. The Morgan fingerprint density at radius 2 is 2.09 bits per heavy atom. The molecule has 1 fully saturated rings. The summed E-state index contributed by atoms with van der Waals surface area (Å²) in [5, 5.41) is 5.20. The average molecular weight is 316 g/mol. The second kappa shape index (κ2) is 7.23. The molecule has 0 spiro atoms. The summed E-state index contributed by atoms with van der Waals surface area (Å²) < 4.78 is 0. The average Bonchev–Trinajstić information content (AvgIpc) is 2.56. The topological polar surface area (TPSA) is 28.2 Å². The minimum Gasteiger partial charge on any atom is -0.314 e. The third kappa shape index (κ3) is 3.32. The molecule has 22 heavy (non-hydrogen) atoms. The molecule has 4 heteroatoms. The molecule has 1 atom stereocenters. The molecular weight excluding hydrogens is 294 g/mol. The van der Waals surface area contributed by atoms with Gasteiger partial charge in [0.2, 0.25) is 0 Å². The number of piperazine rings is 1. The van der Waals surface area contributed by atoms with Gasteiger partial charge >= 0.3 is 0 Å². The molecule has 0 aliphatic carbocycles. The van der Waals surface area contributed by atoms with E-state index >= 15 is 0 Å². The van der Waals surface area contributed by atoms with Gasteiger partial charge in [-0.25, -0.2) is 4.98 Å². The van der Waals surface area contributed by atoms with Crippen molar-refractivity contribution >= 4 is 22.5 Å². The number of allylic oxidation sites excluding steroid dienone is 1. The van der Waals surface area contributed by atoms with Crippen molar-refractivity contribution in [3.05, 3.63) is 53.7 Å². The molecule has 116 valence electrons. The highest BCUT2D eigenvalue weighted by molar-refractivity contribution is 6.30. The number of nitrogens with zero attached hydrogens (tertiary/aromatic N) is 2. The molecule has 1 aliphatic heterocycles. The Balaban J connectivity index is 1.98. The van der Waals surface area contributed by atoms with Gasteiger partial charge < -0.3 is 5.32 Å². The fourth-order valence-corrected chi connectivity index (χ4v) is 3.42. The quantitative estimate of drug-likeness (QED) is 0.672. The number of hydrogen-bond acceptors (Lipinski definition) is 3. The molecular formula is C18H22ClN3. The summed E-state index contributed by atoms with van der Waals surface area (Å²) in [6, 6.07) is 10.7. The third-order valence-electron chi connectivity index (χ3n) is 4.30. The molecule has 1 saturated heterocycles. The number of fused-ring (bicyclic) bond motifs is 1. The van der Waals surface area contributed by atoms with Crippen LogP contribution in [0.5, 0.6) is 0 Å². The van der Waals surface area contributed by atoms with E-state index in [4.69, 9.17) is 11.6 Å². The predicted octanol–water partition coefficient (Wildman–Crippen LogP) is 3.80. The summed E-state index contributed by atoms with van der Waals surface area (Å²) in [5.41, 5.74) is 2.10. The lowest BCUT2D eigenvalue weighted by Crippen LogP contribution is -2.45. The Morgan fingerprint density at radius 3 is 2.86 bits per heavy atom. The summed E-state index contributed by atoms with van der Waals surface area (Å²) in [5.74, 6) is 0. The van der Waals surface area contributed by atoms with Crippen LogP contribution < -0.4 is 5.32 Å². The Kier molecular flexibility index (Phi) is 5.08. The zero-order valence-electron chi connectivity index (χ0n) is 12.8. The monoisotopic (exact) mass is 315 g/mol. The normalized spacial score (nSPS) is 17.5. The number of para-hydroxylation sites is 1. The number of aromatic nitrogens is 1. The Bertz CT molecular complexity index is 650. The molecule has 0 unspecified atom stereocenters. The maximum atomic E-state index is 6.52. The molecule has 0 amide bonds. The van der Waals surface area contributed by atoms with Gasteiger partial charge in [0.1, 0.15) is 5.15 Å². The van der Waals surface area contributed by atoms with Crippen LogP contribution in [0.25, 0.3) is 10.9 Å². The molecule has 2 aromatic rings. The van der Waals surface area contributed by atoms with Crippen molar-refractivity contribution in [2.75, 3.05) is 26.2 Å². The lowest BCUT2D eigenvalue weighted by atomic mass is 9.99. The maximum absolute atomic E-state index is 6.52. The lowest BCUT2D eigenvalue weighted by Gasteiger charge is -2.35. The molecule has 1 aromatic carbocycles. The molecule has 1 N–H and O–H groups in total. The third-order valence-corrected chi connectivity index (χ3v) is 4.60. The van der Waals surface area contributed by atoms with Gasteiger partial charge in [0.25, 0.3) is 0 Å². The number of nitrogens with one attached hydrogen (secondary N) is 1. The van der Waals surface area contributed by atoms with Crippen molar-refractivity contribution in [3.8, 4) is 0 Å². The SMILES string of the molecule is C=CCC[C@H](c1cc2ccccc2nc1Cl)N1CCNCC1. The number of benzene rings is 1. The van der Waals surface area contributed by atoms with E-state index in [9.17, 15) is 0 Å². The van der Waals surface area contributed by atoms with Crippen LogP contribution in [-0.4, -0.2) is 36.1 Å². The van der Waals surface area contributed by atoms with Crippen LogP contribution in [0.2, 0.25) is 5.15 Å². The standard InChI is InChI=1S/C18H22ClN3/c1-2-3-8-17(22-11-9-20-10-12-22)15-13-14-6-4-5-7-16(14)21-18(15)19/h2,4-7,13,17,20H,1,3,8-12H2/t17-/m1/s1. The molecule has 3 nitrogen and oxygen atoms in total. The van der Waals surface area contributed by atoms with Crippen LogP contribution >= 0.6 is 11.6 Å². The van der Waals surface area contributed by atoms with Crippen molar-refractivity contribution in [2.24, 2.45) is 0 Å². The van der Waals surface area contributed by atoms with E-state index in [0.29, 0.717) is 11.2 Å². The highest BCUT2D eigenvalue weighted by atomic mass is 35.5. The maximum Gasteiger partial charge on any atom is 0.134 e. The predicted molar refractivity (Wildman–Crippen MR) is 93.4 cm³/mol. The molecule has 1 aromatic heterocycles. The van der Waals surface area contributed by atoms with Gasteiger partial charge in [-0.15, -0.1) is 6.58 Å². The number of halogens is 1. The molecule has 0 radical (unpaired) electrons. The van der Waals surface area contributed by atoms with Crippen molar-refractivity contribution in [3.63, 3.8) is 0 Å². The van der Waals surface area contributed by atoms with Crippen LogP contribution in [0.4, 0.5) is 0 Å². The second-order valence-electron chi connectivity index (χ2n) is 5.73. The van der Waals surface area contributed by atoms with Crippen LogP contribution in [0, 0.1) is 0 Å². The van der Waals surface area contributed by atoms with Gasteiger partial charge in [0.15, 0.2) is 0 Å². The van der Waals surface area contributed by atoms with Gasteiger partial charge in [-0.2, -0.15) is 0 Å². The smallest absolute Gasteiger partial charge is 0.134 e. The first-order valence-electron chi connectivity index (χ1n) is 7.90. The Labute approximate surface area is 137 Å². The minimum atomic E-state index is 0.310. The van der Waals surface area contributed by atoms with Gasteiger partial charge in [0.05, 0.1) is 5.52 Å². The summed E-state index contributed by atoms with van der Waals surface area (Å²) in [6.07, 6.45) is 4.00. The van der Waals surface area contributed by atoms with Crippen LogP contribution in [-0.2, 0) is 0 Å². The first kappa shape index (κ1) is 15.5. The first-order chi connectivity index (χ1) is 10.8. The van der Waals surface area contributed by atoms with Gasteiger partial charge in [-0.3, -0.25) is 4.90 Å². The van der Waals surface area contributed by atoms with Gasteiger partial charge in [0, 0.05) is 43.2 Å². The summed E-state index contributed by atoms with van der Waals surface area (Å²) in [7, 11) is 0. The van der Waals surface area contributed by atoms with Crippen LogP contribution in [0.15, 0.2) is 43.0 Å². The zero-order valence-corrected chi connectivity index (χ0v) is 13.5. The molecule has 0 bridgehead atoms. The summed E-state index contributed by atoms with van der Waals surface area (Å²) in [6.45, 7) is 8.02. The number of pyridine rings is 1. The van der Waals surface area contributed by atoms with E-state index in [-0.39, 0.29) is 0 Å². The van der Waals surface area contributed by atoms with Crippen molar-refractivity contribution in [1.29, 1.82) is 0 Å². The molecule has 1 aliphatic rings. The first-order valence-corrected chi connectivity index (χ1v) is 8.28. The highest BCUT2D eigenvalue weighted by Crippen LogP contribution is 2.32. The summed E-state index contributed by atoms with van der Waals surface area (Å²) >= 11 is 6.52. The van der Waals surface area contributed by atoms with Gasteiger partial charge in [-0.05, 0) is 25.0 Å². The summed E-state index contributed by atoms with van der Waals surface area (Å²) in [4.78, 5) is 7.11. The lowest BCUT2D eigenvalue weighted by molar-refractivity contribution is 0.166. The zero-order chi connectivity index (χ0) is 15.4. The van der Waals surface area contributed by atoms with Crippen LogP contribution in [0.3, 0.4) is 0 Å². The fraction of sp³-hybridized carbons (Fsp3) is 0.389. The second-order valence-corrected chi connectivity index (χ2v) is 6.09. The largest absolute Gasteiger partial charge is 0.314 e. The van der Waals surface area contributed by atoms with Crippen molar-refractivity contribution in [2.45, 2.75) is 18.9 Å². The van der Waals surface area contributed by atoms with E-state index in [1.165, 1.54) is 0 Å². The number of hydrogen-bond donors (Lipinski definition) is 1. The van der Waals surface area contributed by atoms with E-state index < -0.39 is 0 Å². The number of rotatable bonds is 5. The Hall–Kier alpha value is -1.42. The van der Waals surface area contributed by atoms with E-state index in [1.54, 1.807) is 0 Å². The highest BCUT2D eigenvalue weighted by Gasteiger charge is 2.24. The molecule has 3 rings (SSSR count). The van der Waals surface area contributed by atoms with Crippen molar-refractivity contribution < 1.29 is 0 Å². The molecule has 2 heterocycles. The van der Waals surface area contributed by atoms with E-state index in [0.717, 1.165) is 55.5 Å². The van der Waals surface area contributed by atoms with Crippen molar-refractivity contribution in [1.82, 2.24) is 15.2 Å². The van der Waals surface area contributed by atoms with Crippen LogP contribution in [0.1, 0.15) is 24.4 Å². The minimum absolute atomic E-state index is 0.310. The molecule has 0 saturated carbocycles. The van der Waals surface area contributed by atoms with E-state index in [1.807, 2.05) is 24.3 Å². The Morgan fingerprint density at radius 1 is 1.32 bits per heavy atom.